The fourth-order valence-electron chi connectivity index (χ4n) is 2.86. The molecule has 0 atom stereocenters. The molecule has 0 aliphatic carbocycles. The van der Waals surface area contributed by atoms with Gasteiger partial charge in [0.15, 0.2) is 5.96 Å². The minimum Gasteiger partial charge on any atom is -0.355 e. The Morgan fingerprint density at radius 2 is 2.07 bits per heavy atom. The van der Waals surface area contributed by atoms with Crippen molar-refractivity contribution < 1.29 is 4.79 Å². The third-order valence-corrected chi connectivity index (χ3v) is 5.15. The van der Waals surface area contributed by atoms with Crippen LogP contribution >= 0.6 is 35.7 Å². The van der Waals surface area contributed by atoms with E-state index in [-0.39, 0.29) is 29.9 Å². The van der Waals surface area contributed by atoms with E-state index in [9.17, 15) is 4.79 Å². The molecule has 7 nitrogen and oxygen atoms in total. The Balaban J connectivity index is 0.00000261. The van der Waals surface area contributed by atoms with Crippen molar-refractivity contribution in [2.75, 3.05) is 43.9 Å². The van der Waals surface area contributed by atoms with Crippen molar-refractivity contribution in [3.63, 3.8) is 0 Å². The van der Waals surface area contributed by atoms with E-state index in [1.807, 2.05) is 36.3 Å². The molecule has 0 saturated carbocycles. The number of aliphatic imine (C=N–C) groups is 1. The minimum atomic E-state index is 0. The summed E-state index contributed by atoms with van der Waals surface area (Å²) in [4.78, 5) is 21.9. The summed E-state index contributed by atoms with van der Waals surface area (Å²) >= 11 is 1.80. The van der Waals surface area contributed by atoms with E-state index >= 15 is 0 Å². The first-order valence-electron chi connectivity index (χ1n) is 8.60. The maximum Gasteiger partial charge on any atom is 0.246 e. The molecular weight excluding hydrogens is 475 g/mol. The van der Waals surface area contributed by atoms with Gasteiger partial charge in [-0.05, 0) is 12.1 Å². The van der Waals surface area contributed by atoms with Gasteiger partial charge in [-0.3, -0.25) is 14.5 Å². The molecule has 1 fully saturated rings. The number of aryl methyl sites for hydroxylation is 1. The molecule has 0 unspecified atom stereocenters. The monoisotopic (exact) mass is 500 g/mol. The second-order valence-corrected chi connectivity index (χ2v) is 7.14. The van der Waals surface area contributed by atoms with Gasteiger partial charge in [-0.25, -0.2) is 0 Å². The van der Waals surface area contributed by atoms with Gasteiger partial charge in [0.2, 0.25) is 5.91 Å². The molecule has 0 spiro atoms. The number of anilines is 1. The molecule has 1 amide bonds. The molecule has 1 aromatic carbocycles. The number of nitrogens with one attached hydrogen (secondary N) is 1. The van der Waals surface area contributed by atoms with Crippen LogP contribution in [-0.4, -0.2) is 65.5 Å². The predicted molar refractivity (Wildman–Crippen MR) is 121 cm³/mol. The van der Waals surface area contributed by atoms with E-state index in [1.165, 1.54) is 4.90 Å². The van der Waals surface area contributed by atoms with E-state index in [0.29, 0.717) is 13.1 Å². The first-order valence-corrected chi connectivity index (χ1v) is 9.58. The Hall–Kier alpha value is -1.75. The standard InChI is InChI=1S/C18H24N6OS.HI/c1-19-18(20-8-11-26-16-6-4-3-5-7-16)23-9-10-24(17(25)14-23)15-12-21-22(2)13-15;/h3-7,12-13H,8-11,14H2,1-2H3,(H,19,20);1H. The van der Waals surface area contributed by atoms with Gasteiger partial charge in [0, 0.05) is 50.6 Å². The maximum absolute atomic E-state index is 12.5. The quantitative estimate of drug-likeness (QED) is 0.224. The number of benzene rings is 1. The number of nitrogens with zero attached hydrogens (tertiary/aromatic N) is 5. The Morgan fingerprint density at radius 1 is 1.30 bits per heavy atom. The van der Waals surface area contributed by atoms with Crippen molar-refractivity contribution in [2.45, 2.75) is 4.90 Å². The lowest BCUT2D eigenvalue weighted by molar-refractivity contribution is -0.120. The van der Waals surface area contributed by atoms with Crippen LogP contribution in [0.5, 0.6) is 0 Å². The maximum atomic E-state index is 12.5. The van der Waals surface area contributed by atoms with Crippen molar-refractivity contribution >= 4 is 53.3 Å². The zero-order chi connectivity index (χ0) is 18.4. The summed E-state index contributed by atoms with van der Waals surface area (Å²) in [5.41, 5.74) is 0.847. The van der Waals surface area contributed by atoms with Crippen molar-refractivity contribution in [3.8, 4) is 0 Å². The number of amides is 1. The molecule has 9 heteroatoms. The Morgan fingerprint density at radius 3 is 2.70 bits per heavy atom. The van der Waals surface area contributed by atoms with Crippen LogP contribution in [0.15, 0.2) is 52.6 Å². The first kappa shape index (κ1) is 21.5. The van der Waals surface area contributed by atoms with Crippen LogP contribution < -0.4 is 10.2 Å². The van der Waals surface area contributed by atoms with E-state index in [0.717, 1.165) is 30.5 Å². The van der Waals surface area contributed by atoms with Crippen LogP contribution in [0.1, 0.15) is 0 Å². The summed E-state index contributed by atoms with van der Waals surface area (Å²) in [6, 6.07) is 10.3. The molecule has 146 valence electrons. The molecule has 1 N–H and O–H groups in total. The van der Waals surface area contributed by atoms with Gasteiger partial charge in [0.05, 0.1) is 11.9 Å². The van der Waals surface area contributed by atoms with Crippen LogP contribution in [0.3, 0.4) is 0 Å². The third kappa shape index (κ3) is 5.86. The Bertz CT molecular complexity index is 766. The number of carbonyl (C=O) groups excluding carboxylic acids is 1. The van der Waals surface area contributed by atoms with E-state index in [2.05, 4.69) is 27.5 Å². The normalized spacial score (nSPS) is 14.9. The molecular formula is C18H25IN6OS. The molecule has 3 rings (SSSR count). The molecule has 27 heavy (non-hydrogen) atoms. The topological polar surface area (TPSA) is 65.8 Å². The molecule has 0 radical (unpaired) electrons. The second-order valence-electron chi connectivity index (χ2n) is 5.97. The van der Waals surface area contributed by atoms with Crippen LogP contribution in [-0.2, 0) is 11.8 Å². The number of hydrogen-bond acceptors (Lipinski definition) is 4. The van der Waals surface area contributed by atoms with Gasteiger partial charge in [-0.2, -0.15) is 5.10 Å². The van der Waals surface area contributed by atoms with Crippen molar-refractivity contribution in [1.82, 2.24) is 20.0 Å². The molecule has 2 heterocycles. The number of piperazine rings is 1. The Labute approximate surface area is 181 Å². The molecule has 1 aliphatic heterocycles. The highest BCUT2D eigenvalue weighted by Gasteiger charge is 2.27. The summed E-state index contributed by atoms with van der Waals surface area (Å²) in [5, 5.41) is 7.50. The summed E-state index contributed by atoms with van der Waals surface area (Å²) in [7, 11) is 3.61. The lowest BCUT2D eigenvalue weighted by atomic mass is 10.3. The summed E-state index contributed by atoms with van der Waals surface area (Å²) in [6.45, 7) is 2.49. The van der Waals surface area contributed by atoms with Crippen LogP contribution in [0.4, 0.5) is 5.69 Å². The largest absolute Gasteiger partial charge is 0.355 e. The summed E-state index contributed by atoms with van der Waals surface area (Å²) in [6.07, 6.45) is 3.59. The van der Waals surface area contributed by atoms with Crippen LogP contribution in [0.25, 0.3) is 0 Å². The zero-order valence-corrected chi connectivity index (χ0v) is 18.7. The molecule has 1 saturated heterocycles. The average molecular weight is 500 g/mol. The Kier molecular flexibility index (Phi) is 8.42. The average Bonchev–Trinajstić information content (AvgIpc) is 3.08. The van der Waals surface area contributed by atoms with Crippen molar-refractivity contribution in [2.24, 2.45) is 12.0 Å². The highest BCUT2D eigenvalue weighted by molar-refractivity contribution is 14.0. The highest BCUT2D eigenvalue weighted by Crippen LogP contribution is 2.17. The van der Waals surface area contributed by atoms with Gasteiger partial charge >= 0.3 is 0 Å². The van der Waals surface area contributed by atoms with Crippen LogP contribution in [0.2, 0.25) is 0 Å². The SMILES string of the molecule is CN=C(NCCSc1ccccc1)N1CCN(c2cnn(C)c2)C(=O)C1.I. The fraction of sp³-hybridized carbons (Fsp3) is 0.389. The predicted octanol–water partition coefficient (Wildman–Crippen LogP) is 2.05. The van der Waals surface area contributed by atoms with Gasteiger partial charge in [0.25, 0.3) is 0 Å². The smallest absolute Gasteiger partial charge is 0.246 e. The molecule has 1 aromatic heterocycles. The first-order chi connectivity index (χ1) is 12.7. The molecule has 2 aromatic rings. The number of hydrogen-bond donors (Lipinski definition) is 1. The highest BCUT2D eigenvalue weighted by atomic mass is 127. The number of carbonyl (C=O) groups is 1. The van der Waals surface area contributed by atoms with E-state index in [1.54, 1.807) is 34.6 Å². The van der Waals surface area contributed by atoms with Crippen LogP contribution in [0, 0.1) is 0 Å². The van der Waals surface area contributed by atoms with Gasteiger partial charge in [0.1, 0.15) is 6.54 Å². The lowest BCUT2D eigenvalue weighted by Crippen LogP contribution is -2.55. The third-order valence-electron chi connectivity index (χ3n) is 4.13. The molecule has 1 aliphatic rings. The summed E-state index contributed by atoms with van der Waals surface area (Å²) < 4.78 is 1.71. The van der Waals surface area contributed by atoms with Crippen molar-refractivity contribution in [3.05, 3.63) is 42.7 Å². The van der Waals surface area contributed by atoms with E-state index in [4.69, 9.17) is 0 Å². The number of aromatic nitrogens is 2. The van der Waals surface area contributed by atoms with Gasteiger partial charge < -0.3 is 15.1 Å². The number of guanidine groups is 1. The van der Waals surface area contributed by atoms with Crippen molar-refractivity contribution in [1.29, 1.82) is 0 Å². The molecule has 0 bridgehead atoms. The lowest BCUT2D eigenvalue weighted by Gasteiger charge is -2.35. The summed E-state index contributed by atoms with van der Waals surface area (Å²) in [5.74, 6) is 1.77. The number of thioether (sulfide) groups is 1. The second kappa shape index (κ2) is 10.5. The zero-order valence-electron chi connectivity index (χ0n) is 15.5. The van der Waals surface area contributed by atoms with E-state index < -0.39 is 0 Å². The van der Waals surface area contributed by atoms with Gasteiger partial charge in [-0.15, -0.1) is 35.7 Å². The number of rotatable bonds is 5. The fourth-order valence-corrected chi connectivity index (χ4v) is 3.64. The minimum absolute atomic E-state index is 0. The van der Waals surface area contributed by atoms with Gasteiger partial charge in [-0.1, -0.05) is 18.2 Å². The number of halogens is 1.